The molecule has 0 amide bonds. The van der Waals surface area contributed by atoms with Gasteiger partial charge in [-0.1, -0.05) is 78.9 Å². The van der Waals surface area contributed by atoms with Gasteiger partial charge in [0.25, 0.3) is 0 Å². The van der Waals surface area contributed by atoms with E-state index in [2.05, 4.69) is 117 Å². The molecule has 0 fully saturated rings. The maximum atomic E-state index is 2.32. The largest absolute Gasteiger partial charge is 0.305 e. The van der Waals surface area contributed by atoms with Gasteiger partial charge in [-0.2, -0.15) is 0 Å². The summed E-state index contributed by atoms with van der Waals surface area (Å²) in [6.07, 6.45) is 0. The van der Waals surface area contributed by atoms with Crippen LogP contribution in [0.3, 0.4) is 0 Å². The van der Waals surface area contributed by atoms with Crippen LogP contribution >= 0.6 is 7.92 Å². The molecule has 0 aliphatic carbocycles. The van der Waals surface area contributed by atoms with Crippen LogP contribution in [0, 0.1) is 0 Å². The predicted octanol–water partition coefficient (Wildman–Crippen LogP) is 3.57. The molecule has 3 heteroatoms. The standard InChI is InChI=1S/C24H29N2P/c1-25(2)18-20-12-8-10-16-23(20)27(22-14-6-5-7-15-22)24-17-11-9-13-21(24)19-26(3)4/h5-17H,18-19H2,1-4H3. The van der Waals surface area contributed by atoms with Gasteiger partial charge in [-0.3, -0.25) is 0 Å². The van der Waals surface area contributed by atoms with Crippen molar-refractivity contribution in [3.05, 3.63) is 90.0 Å². The zero-order valence-electron chi connectivity index (χ0n) is 16.8. The van der Waals surface area contributed by atoms with E-state index in [0.29, 0.717) is 0 Å². The molecule has 140 valence electrons. The minimum Gasteiger partial charge on any atom is -0.305 e. The third-order valence-corrected chi connectivity index (χ3v) is 7.10. The van der Waals surface area contributed by atoms with Crippen LogP contribution in [0.1, 0.15) is 11.1 Å². The van der Waals surface area contributed by atoms with Crippen molar-refractivity contribution in [2.45, 2.75) is 13.1 Å². The Labute approximate surface area is 165 Å². The fourth-order valence-corrected chi connectivity index (χ4v) is 6.01. The van der Waals surface area contributed by atoms with Crippen molar-refractivity contribution in [3.63, 3.8) is 0 Å². The van der Waals surface area contributed by atoms with Gasteiger partial charge in [0.1, 0.15) is 0 Å². The summed E-state index contributed by atoms with van der Waals surface area (Å²) in [5.41, 5.74) is 2.83. The highest BCUT2D eigenvalue weighted by molar-refractivity contribution is 7.80. The molecule has 0 aliphatic rings. The first kappa shape index (κ1) is 19.8. The normalized spacial score (nSPS) is 11.5. The number of hydrogen-bond donors (Lipinski definition) is 0. The Morgan fingerprint density at radius 1 is 0.556 bits per heavy atom. The Kier molecular flexibility index (Phi) is 6.79. The van der Waals surface area contributed by atoms with Gasteiger partial charge < -0.3 is 9.80 Å². The summed E-state index contributed by atoms with van der Waals surface area (Å²) in [5.74, 6) is 0. The Hall–Kier alpha value is -1.99. The quantitative estimate of drug-likeness (QED) is 0.582. The molecule has 0 atom stereocenters. The molecule has 2 nitrogen and oxygen atoms in total. The lowest BCUT2D eigenvalue weighted by Gasteiger charge is -2.26. The van der Waals surface area contributed by atoms with E-state index in [1.807, 2.05) is 0 Å². The van der Waals surface area contributed by atoms with E-state index in [-0.39, 0.29) is 0 Å². The van der Waals surface area contributed by atoms with Gasteiger partial charge in [0, 0.05) is 13.1 Å². The molecule has 3 aromatic carbocycles. The van der Waals surface area contributed by atoms with Crippen molar-refractivity contribution < 1.29 is 0 Å². The third kappa shape index (κ3) is 5.05. The van der Waals surface area contributed by atoms with Gasteiger partial charge in [-0.25, -0.2) is 0 Å². The fourth-order valence-electron chi connectivity index (χ4n) is 3.39. The third-order valence-electron chi connectivity index (χ3n) is 4.45. The Morgan fingerprint density at radius 2 is 0.963 bits per heavy atom. The first-order valence-electron chi connectivity index (χ1n) is 9.36. The molecule has 3 aromatic rings. The minimum absolute atomic E-state index is 0.602. The minimum atomic E-state index is -0.602. The fraction of sp³-hybridized carbons (Fsp3) is 0.250. The predicted molar refractivity (Wildman–Crippen MR) is 120 cm³/mol. The number of nitrogens with zero attached hydrogens (tertiary/aromatic N) is 2. The monoisotopic (exact) mass is 376 g/mol. The van der Waals surface area contributed by atoms with E-state index in [9.17, 15) is 0 Å². The lowest BCUT2D eigenvalue weighted by atomic mass is 10.2. The maximum Gasteiger partial charge on any atom is 0.0234 e. The zero-order chi connectivity index (χ0) is 19.2. The average molecular weight is 376 g/mol. The molecule has 0 saturated heterocycles. The SMILES string of the molecule is CN(C)Cc1ccccc1P(c1ccccc1)c1ccccc1CN(C)C. The molecule has 0 spiro atoms. The highest BCUT2D eigenvalue weighted by Crippen LogP contribution is 2.35. The zero-order valence-corrected chi connectivity index (χ0v) is 17.7. The van der Waals surface area contributed by atoms with E-state index in [1.54, 1.807) is 0 Å². The second kappa shape index (κ2) is 9.28. The molecule has 3 rings (SSSR count). The van der Waals surface area contributed by atoms with E-state index in [1.165, 1.54) is 27.0 Å². The van der Waals surface area contributed by atoms with Gasteiger partial charge >= 0.3 is 0 Å². The molecule has 27 heavy (non-hydrogen) atoms. The smallest absolute Gasteiger partial charge is 0.0234 e. The summed E-state index contributed by atoms with van der Waals surface area (Å²) in [6.45, 7) is 1.91. The lowest BCUT2D eigenvalue weighted by molar-refractivity contribution is 0.403. The van der Waals surface area contributed by atoms with E-state index in [0.717, 1.165) is 13.1 Å². The topological polar surface area (TPSA) is 6.48 Å². The second-order valence-corrected chi connectivity index (χ2v) is 9.55. The Bertz CT molecular complexity index is 806. The summed E-state index contributed by atoms with van der Waals surface area (Å²) >= 11 is 0. The summed E-state index contributed by atoms with van der Waals surface area (Å²) in [7, 11) is 7.96. The number of hydrogen-bond acceptors (Lipinski definition) is 2. The van der Waals surface area contributed by atoms with Gasteiger partial charge in [0.05, 0.1) is 0 Å². The van der Waals surface area contributed by atoms with Crippen LogP contribution in [0.25, 0.3) is 0 Å². The van der Waals surface area contributed by atoms with E-state index >= 15 is 0 Å². The van der Waals surface area contributed by atoms with E-state index < -0.39 is 7.92 Å². The van der Waals surface area contributed by atoms with Crippen LogP contribution in [-0.4, -0.2) is 38.0 Å². The van der Waals surface area contributed by atoms with Crippen LogP contribution in [0.5, 0.6) is 0 Å². The lowest BCUT2D eigenvalue weighted by Crippen LogP contribution is -2.28. The van der Waals surface area contributed by atoms with Crippen molar-refractivity contribution in [2.75, 3.05) is 28.2 Å². The first-order chi connectivity index (χ1) is 13.1. The molecule has 0 aliphatic heterocycles. The van der Waals surface area contributed by atoms with Crippen LogP contribution in [-0.2, 0) is 13.1 Å². The maximum absolute atomic E-state index is 2.32. The molecule has 0 unspecified atom stereocenters. The van der Waals surface area contributed by atoms with Crippen LogP contribution in [0.2, 0.25) is 0 Å². The first-order valence-corrected chi connectivity index (χ1v) is 10.7. The van der Waals surface area contributed by atoms with Crippen LogP contribution in [0.4, 0.5) is 0 Å². The van der Waals surface area contributed by atoms with Crippen molar-refractivity contribution in [1.82, 2.24) is 9.80 Å². The molecule has 0 saturated carbocycles. The highest BCUT2D eigenvalue weighted by atomic mass is 31.1. The second-order valence-electron chi connectivity index (χ2n) is 7.40. The van der Waals surface area contributed by atoms with Gasteiger partial charge in [0.2, 0.25) is 0 Å². The van der Waals surface area contributed by atoms with Crippen LogP contribution in [0.15, 0.2) is 78.9 Å². The van der Waals surface area contributed by atoms with Crippen molar-refractivity contribution in [2.24, 2.45) is 0 Å². The van der Waals surface area contributed by atoms with Gasteiger partial charge in [-0.15, -0.1) is 0 Å². The highest BCUT2D eigenvalue weighted by Gasteiger charge is 2.22. The molecule has 0 heterocycles. The molecule has 0 radical (unpaired) electrons. The van der Waals surface area contributed by atoms with Crippen molar-refractivity contribution in [1.29, 1.82) is 0 Å². The average Bonchev–Trinajstić information content (AvgIpc) is 2.65. The molecular weight excluding hydrogens is 347 g/mol. The van der Waals surface area contributed by atoms with E-state index in [4.69, 9.17) is 0 Å². The van der Waals surface area contributed by atoms with Crippen LogP contribution < -0.4 is 15.9 Å². The summed E-state index contributed by atoms with van der Waals surface area (Å²) in [5, 5.41) is 4.32. The number of benzene rings is 3. The summed E-state index contributed by atoms with van der Waals surface area (Å²) < 4.78 is 0. The Balaban J connectivity index is 2.19. The summed E-state index contributed by atoms with van der Waals surface area (Å²) in [4.78, 5) is 4.51. The van der Waals surface area contributed by atoms with Crippen molar-refractivity contribution >= 4 is 23.8 Å². The van der Waals surface area contributed by atoms with Gasteiger partial charge in [0.15, 0.2) is 0 Å². The number of rotatable bonds is 7. The van der Waals surface area contributed by atoms with Crippen molar-refractivity contribution in [3.8, 4) is 0 Å². The molecule has 0 N–H and O–H groups in total. The molecule has 0 aromatic heterocycles. The molecule has 0 bridgehead atoms. The Morgan fingerprint density at radius 3 is 1.41 bits per heavy atom. The van der Waals surface area contributed by atoms with Gasteiger partial charge in [-0.05, 0) is 63.2 Å². The summed E-state index contributed by atoms with van der Waals surface area (Å²) in [6, 6.07) is 28.9. The molecular formula is C24H29N2P.